The van der Waals surface area contributed by atoms with E-state index >= 15 is 0 Å². The lowest BCUT2D eigenvalue weighted by Gasteiger charge is -2.05. The Morgan fingerprint density at radius 1 is 1.46 bits per heavy atom. The lowest BCUT2D eigenvalue weighted by molar-refractivity contribution is -0.146. The second-order valence-electron chi connectivity index (χ2n) is 2.94. The molecule has 0 unspecified atom stereocenters. The Bertz CT molecular complexity index is 228. The van der Waals surface area contributed by atoms with Gasteiger partial charge >= 0.3 is 11.9 Å². The van der Waals surface area contributed by atoms with Gasteiger partial charge in [-0.05, 0) is 20.8 Å². The van der Waals surface area contributed by atoms with Crippen LogP contribution in [-0.2, 0) is 14.3 Å². The predicted molar refractivity (Wildman–Crippen MR) is 47.2 cm³/mol. The van der Waals surface area contributed by atoms with Gasteiger partial charge in [0.1, 0.15) is 0 Å². The molecular weight excluding hydrogens is 172 g/mol. The molecule has 0 heterocycles. The summed E-state index contributed by atoms with van der Waals surface area (Å²) in [4.78, 5) is 21.2. The first kappa shape index (κ1) is 11.7. The molecule has 0 aromatic heterocycles. The first-order valence-electron chi connectivity index (χ1n) is 4.03. The Morgan fingerprint density at radius 2 is 2.00 bits per heavy atom. The van der Waals surface area contributed by atoms with Crippen molar-refractivity contribution < 1.29 is 19.4 Å². The van der Waals surface area contributed by atoms with E-state index in [1.807, 2.05) is 0 Å². The maximum Gasteiger partial charge on any atom is 0.330 e. The fraction of sp³-hybridized carbons (Fsp3) is 0.556. The summed E-state index contributed by atoms with van der Waals surface area (Å²) >= 11 is 0. The van der Waals surface area contributed by atoms with Crippen LogP contribution in [0.3, 0.4) is 0 Å². The van der Waals surface area contributed by atoms with E-state index in [1.54, 1.807) is 13.8 Å². The summed E-state index contributed by atoms with van der Waals surface area (Å²) in [5.74, 6) is -1.42. The maximum atomic E-state index is 10.9. The number of carbonyl (C=O) groups is 2. The van der Waals surface area contributed by atoms with Crippen molar-refractivity contribution >= 4 is 11.9 Å². The minimum absolute atomic E-state index is 0.0102. The van der Waals surface area contributed by atoms with Crippen LogP contribution in [0.1, 0.15) is 27.2 Å². The summed E-state index contributed by atoms with van der Waals surface area (Å²) in [5.41, 5.74) is 0.153. The van der Waals surface area contributed by atoms with Crippen LogP contribution < -0.4 is 0 Å². The molecule has 0 aliphatic heterocycles. The number of carboxylic acid groups (broad SMARTS) is 1. The van der Waals surface area contributed by atoms with Gasteiger partial charge in [-0.15, -0.1) is 0 Å². The van der Waals surface area contributed by atoms with Gasteiger partial charge in [0.25, 0.3) is 0 Å². The molecule has 0 radical (unpaired) electrons. The molecule has 1 N–H and O–H groups in total. The van der Waals surface area contributed by atoms with Crippen molar-refractivity contribution in [2.24, 2.45) is 0 Å². The molecule has 0 aliphatic carbocycles. The minimum Gasteiger partial charge on any atom is -0.478 e. The van der Waals surface area contributed by atoms with Crippen LogP contribution in [0, 0.1) is 0 Å². The van der Waals surface area contributed by atoms with Gasteiger partial charge in [-0.2, -0.15) is 0 Å². The summed E-state index contributed by atoms with van der Waals surface area (Å²) in [6.45, 7) is 4.92. The van der Waals surface area contributed by atoms with E-state index in [1.165, 1.54) is 13.0 Å². The maximum absolute atomic E-state index is 10.9. The Labute approximate surface area is 77.2 Å². The van der Waals surface area contributed by atoms with Gasteiger partial charge in [0.2, 0.25) is 0 Å². The molecule has 0 atom stereocenters. The Morgan fingerprint density at radius 3 is 2.38 bits per heavy atom. The van der Waals surface area contributed by atoms with Crippen LogP contribution >= 0.6 is 0 Å². The molecular formula is C9H14O4. The smallest absolute Gasteiger partial charge is 0.330 e. The van der Waals surface area contributed by atoms with Crippen molar-refractivity contribution in [2.45, 2.75) is 33.3 Å². The van der Waals surface area contributed by atoms with Gasteiger partial charge in [-0.1, -0.05) is 6.08 Å². The van der Waals surface area contributed by atoms with E-state index in [0.717, 1.165) is 0 Å². The fourth-order valence-electron chi connectivity index (χ4n) is 0.635. The number of esters is 1. The fourth-order valence-corrected chi connectivity index (χ4v) is 0.635. The normalized spacial score (nSPS) is 11.5. The molecule has 0 aliphatic rings. The molecule has 0 saturated carbocycles. The van der Waals surface area contributed by atoms with Gasteiger partial charge in [0.15, 0.2) is 0 Å². The lowest BCUT2D eigenvalue weighted by atomic mass is 10.2. The van der Waals surface area contributed by atoms with Crippen molar-refractivity contribution in [3.05, 3.63) is 11.6 Å². The Kier molecular flexibility index (Phi) is 4.80. The highest BCUT2D eigenvalue weighted by Crippen LogP contribution is 1.99. The highest BCUT2D eigenvalue weighted by Gasteiger charge is 2.05. The number of carboxylic acids is 1. The lowest BCUT2D eigenvalue weighted by Crippen LogP contribution is -2.10. The number of carbonyl (C=O) groups excluding carboxylic acids is 1. The highest BCUT2D eigenvalue weighted by molar-refractivity contribution is 5.86. The zero-order valence-electron chi connectivity index (χ0n) is 8.03. The van der Waals surface area contributed by atoms with Crippen molar-refractivity contribution in [3.63, 3.8) is 0 Å². The molecule has 0 saturated heterocycles. The number of rotatable bonds is 4. The van der Waals surface area contributed by atoms with Crippen molar-refractivity contribution in [2.75, 3.05) is 0 Å². The number of hydrogen-bond donors (Lipinski definition) is 1. The molecule has 0 aromatic carbocycles. The van der Waals surface area contributed by atoms with Crippen LogP contribution in [0.15, 0.2) is 11.6 Å². The van der Waals surface area contributed by atoms with Gasteiger partial charge < -0.3 is 9.84 Å². The SMILES string of the molecule is CC(=CCC(=O)OC(C)C)C(=O)O. The molecule has 4 heteroatoms. The quantitative estimate of drug-likeness (QED) is 0.531. The second kappa shape index (κ2) is 5.35. The molecule has 0 fully saturated rings. The molecule has 13 heavy (non-hydrogen) atoms. The Hall–Kier alpha value is -1.32. The molecule has 74 valence electrons. The monoisotopic (exact) mass is 186 g/mol. The van der Waals surface area contributed by atoms with Crippen LogP contribution in [0.4, 0.5) is 0 Å². The van der Waals surface area contributed by atoms with E-state index in [9.17, 15) is 9.59 Å². The third kappa shape index (κ3) is 5.90. The highest BCUT2D eigenvalue weighted by atomic mass is 16.5. The molecule has 0 rings (SSSR count). The van der Waals surface area contributed by atoms with E-state index in [2.05, 4.69) is 0 Å². The summed E-state index contributed by atoms with van der Waals surface area (Å²) in [6.07, 6.45) is 1.19. The third-order valence-electron chi connectivity index (χ3n) is 1.28. The molecule has 0 bridgehead atoms. The van der Waals surface area contributed by atoms with Crippen LogP contribution in [0.2, 0.25) is 0 Å². The van der Waals surface area contributed by atoms with E-state index < -0.39 is 11.9 Å². The molecule has 0 amide bonds. The summed E-state index contributed by atoms with van der Waals surface area (Å²) < 4.78 is 4.80. The van der Waals surface area contributed by atoms with Gasteiger partial charge in [-0.25, -0.2) is 4.79 Å². The zero-order valence-corrected chi connectivity index (χ0v) is 8.03. The molecule has 0 aromatic rings. The first-order chi connectivity index (χ1) is 5.93. The van der Waals surface area contributed by atoms with E-state index in [-0.39, 0.29) is 18.1 Å². The summed E-state index contributed by atoms with van der Waals surface area (Å²) in [7, 11) is 0. The van der Waals surface area contributed by atoms with Gasteiger partial charge in [-0.3, -0.25) is 4.79 Å². The average molecular weight is 186 g/mol. The zero-order chi connectivity index (χ0) is 10.4. The second-order valence-corrected chi connectivity index (χ2v) is 2.94. The van der Waals surface area contributed by atoms with Crippen LogP contribution in [0.5, 0.6) is 0 Å². The summed E-state index contributed by atoms with van der Waals surface area (Å²) in [5, 5.41) is 8.46. The van der Waals surface area contributed by atoms with Crippen molar-refractivity contribution in [1.82, 2.24) is 0 Å². The largest absolute Gasteiger partial charge is 0.478 e. The minimum atomic E-state index is -1.02. The predicted octanol–water partition coefficient (Wildman–Crippen LogP) is 1.36. The molecule has 0 spiro atoms. The number of aliphatic carboxylic acids is 1. The first-order valence-corrected chi connectivity index (χ1v) is 4.03. The Balaban J connectivity index is 3.95. The van der Waals surface area contributed by atoms with Crippen LogP contribution in [0.25, 0.3) is 0 Å². The molecule has 4 nitrogen and oxygen atoms in total. The standard InChI is InChI=1S/C9H14O4/c1-6(2)13-8(10)5-4-7(3)9(11)12/h4,6H,5H2,1-3H3,(H,11,12). The van der Waals surface area contributed by atoms with E-state index in [0.29, 0.717) is 0 Å². The third-order valence-corrected chi connectivity index (χ3v) is 1.28. The van der Waals surface area contributed by atoms with Crippen molar-refractivity contribution in [3.8, 4) is 0 Å². The number of hydrogen-bond acceptors (Lipinski definition) is 3. The summed E-state index contributed by atoms with van der Waals surface area (Å²) in [6, 6.07) is 0. The van der Waals surface area contributed by atoms with Crippen LogP contribution in [-0.4, -0.2) is 23.1 Å². The average Bonchev–Trinajstić information content (AvgIpc) is 1.98. The number of ether oxygens (including phenoxy) is 1. The van der Waals surface area contributed by atoms with Gasteiger partial charge in [0, 0.05) is 5.57 Å². The topological polar surface area (TPSA) is 63.6 Å². The van der Waals surface area contributed by atoms with E-state index in [4.69, 9.17) is 9.84 Å². The van der Waals surface area contributed by atoms with Gasteiger partial charge in [0.05, 0.1) is 12.5 Å². The van der Waals surface area contributed by atoms with Crippen molar-refractivity contribution in [1.29, 1.82) is 0 Å².